The Morgan fingerprint density at radius 1 is 1.15 bits per heavy atom. The molecule has 0 aromatic heterocycles. The van der Waals surface area contributed by atoms with Crippen LogP contribution in [-0.4, -0.2) is 43.1 Å². The summed E-state index contributed by atoms with van der Waals surface area (Å²) in [5, 5.41) is 2.39. The van der Waals surface area contributed by atoms with Gasteiger partial charge in [-0.25, -0.2) is 13.6 Å². The van der Waals surface area contributed by atoms with Crippen molar-refractivity contribution in [3.63, 3.8) is 0 Å². The highest BCUT2D eigenvalue weighted by molar-refractivity contribution is 6.01. The molecule has 0 radical (unpaired) electrons. The maximum absolute atomic E-state index is 13.7. The number of anilines is 2. The van der Waals surface area contributed by atoms with E-state index in [1.807, 2.05) is 0 Å². The first-order valence-electron chi connectivity index (χ1n) is 8.39. The number of hydrogen-bond donors (Lipinski definition) is 1. The van der Waals surface area contributed by atoms with Gasteiger partial charge in [-0.1, -0.05) is 0 Å². The summed E-state index contributed by atoms with van der Waals surface area (Å²) in [6, 6.07) is 8.58. The van der Waals surface area contributed by atoms with Gasteiger partial charge in [0.15, 0.2) is 0 Å². The smallest absolute Gasteiger partial charge is 0.322 e. The van der Waals surface area contributed by atoms with E-state index in [0.29, 0.717) is 24.0 Å². The molecule has 27 heavy (non-hydrogen) atoms. The molecule has 142 valence electrons. The van der Waals surface area contributed by atoms with E-state index < -0.39 is 23.7 Å². The molecule has 0 bridgehead atoms. The summed E-state index contributed by atoms with van der Waals surface area (Å²) in [5.41, 5.74) is 0.566. The van der Waals surface area contributed by atoms with Gasteiger partial charge in [-0.3, -0.25) is 4.79 Å². The van der Waals surface area contributed by atoms with E-state index in [4.69, 9.17) is 4.74 Å². The summed E-state index contributed by atoms with van der Waals surface area (Å²) >= 11 is 0. The highest BCUT2D eigenvalue weighted by atomic mass is 19.1. The molecule has 2 aromatic rings. The molecule has 1 heterocycles. The topological polar surface area (TPSA) is 61.9 Å². The molecule has 0 saturated carbocycles. The monoisotopic (exact) mass is 375 g/mol. The van der Waals surface area contributed by atoms with Crippen LogP contribution in [0.5, 0.6) is 5.75 Å². The number of benzene rings is 2. The van der Waals surface area contributed by atoms with Crippen LogP contribution in [0.2, 0.25) is 0 Å². The maximum atomic E-state index is 13.7. The van der Waals surface area contributed by atoms with Crippen molar-refractivity contribution in [2.45, 2.75) is 13.0 Å². The predicted octanol–water partition coefficient (Wildman–Crippen LogP) is 3.24. The molecule has 1 aliphatic heterocycles. The Hall–Kier alpha value is -3.16. The van der Waals surface area contributed by atoms with Crippen LogP contribution >= 0.6 is 0 Å². The summed E-state index contributed by atoms with van der Waals surface area (Å²) in [6.45, 7) is 2.18. The van der Waals surface area contributed by atoms with Crippen molar-refractivity contribution in [2.24, 2.45) is 0 Å². The van der Waals surface area contributed by atoms with Crippen molar-refractivity contribution in [2.75, 3.05) is 30.4 Å². The van der Waals surface area contributed by atoms with Crippen molar-refractivity contribution >= 4 is 23.3 Å². The highest BCUT2D eigenvalue weighted by Crippen LogP contribution is 2.24. The first-order chi connectivity index (χ1) is 12.9. The van der Waals surface area contributed by atoms with E-state index in [-0.39, 0.29) is 18.1 Å². The fourth-order valence-corrected chi connectivity index (χ4v) is 2.94. The van der Waals surface area contributed by atoms with Gasteiger partial charge in [-0.05, 0) is 43.3 Å². The molecule has 3 rings (SSSR count). The summed E-state index contributed by atoms with van der Waals surface area (Å²) < 4.78 is 31.8. The van der Waals surface area contributed by atoms with E-state index in [1.165, 1.54) is 4.90 Å². The molecule has 0 spiro atoms. The number of methoxy groups -OCH3 is 1. The number of nitrogens with zero attached hydrogens (tertiary/aromatic N) is 2. The summed E-state index contributed by atoms with van der Waals surface area (Å²) in [6.07, 6.45) is 0. The third kappa shape index (κ3) is 3.84. The largest absolute Gasteiger partial charge is 0.497 e. The molecule has 1 saturated heterocycles. The molecule has 1 atom stereocenters. The predicted molar refractivity (Wildman–Crippen MR) is 96.9 cm³/mol. The fourth-order valence-electron chi connectivity index (χ4n) is 2.94. The molecule has 1 N–H and O–H groups in total. The molecule has 2 aromatic carbocycles. The minimum atomic E-state index is -0.876. The Labute approximate surface area is 155 Å². The second-order valence-electron chi connectivity index (χ2n) is 6.11. The van der Waals surface area contributed by atoms with Crippen molar-refractivity contribution in [1.29, 1.82) is 0 Å². The Morgan fingerprint density at radius 2 is 1.85 bits per heavy atom. The Bertz CT molecular complexity index is 858. The standard InChI is InChI=1S/C19H19F2N3O3/c1-12-18(25)24(14-4-6-15(27-2)7-5-14)10-9-23(12)19(26)22-17-8-3-13(20)11-16(17)21/h3-8,11-12H,9-10H2,1-2H3,(H,22,26). The van der Waals surface area contributed by atoms with Gasteiger partial charge in [0.2, 0.25) is 5.91 Å². The average molecular weight is 375 g/mol. The van der Waals surface area contributed by atoms with Crippen molar-refractivity contribution in [3.8, 4) is 5.75 Å². The third-order valence-electron chi connectivity index (χ3n) is 4.47. The first kappa shape index (κ1) is 18.6. The second kappa shape index (κ2) is 7.61. The van der Waals surface area contributed by atoms with Gasteiger partial charge in [0.25, 0.3) is 0 Å². The molecule has 8 heteroatoms. The lowest BCUT2D eigenvalue weighted by atomic mass is 10.1. The van der Waals surface area contributed by atoms with Gasteiger partial charge in [-0.15, -0.1) is 0 Å². The van der Waals surface area contributed by atoms with Crippen LogP contribution in [0, 0.1) is 11.6 Å². The molecule has 1 fully saturated rings. The normalized spacial score (nSPS) is 17.0. The van der Waals surface area contributed by atoms with Crippen molar-refractivity contribution in [1.82, 2.24) is 4.90 Å². The zero-order valence-corrected chi connectivity index (χ0v) is 14.9. The number of carbonyl (C=O) groups excluding carboxylic acids is 2. The maximum Gasteiger partial charge on any atom is 0.322 e. The molecular weight excluding hydrogens is 356 g/mol. The lowest BCUT2D eigenvalue weighted by molar-refractivity contribution is -0.123. The van der Waals surface area contributed by atoms with Gasteiger partial charge in [0.1, 0.15) is 23.4 Å². The highest BCUT2D eigenvalue weighted by Gasteiger charge is 2.35. The van der Waals surface area contributed by atoms with Gasteiger partial charge in [-0.2, -0.15) is 0 Å². The number of hydrogen-bond acceptors (Lipinski definition) is 3. The minimum absolute atomic E-state index is 0.140. The number of urea groups is 1. The van der Waals surface area contributed by atoms with Gasteiger partial charge >= 0.3 is 6.03 Å². The Balaban J connectivity index is 1.70. The van der Waals surface area contributed by atoms with Crippen molar-refractivity contribution < 1.29 is 23.1 Å². The molecule has 0 aliphatic carbocycles. The van der Waals surface area contributed by atoms with Crippen LogP contribution in [0.25, 0.3) is 0 Å². The minimum Gasteiger partial charge on any atom is -0.497 e. The average Bonchev–Trinajstić information content (AvgIpc) is 2.66. The number of ether oxygens (including phenoxy) is 1. The fraction of sp³-hybridized carbons (Fsp3) is 0.263. The third-order valence-corrected chi connectivity index (χ3v) is 4.47. The molecule has 6 nitrogen and oxygen atoms in total. The van der Waals surface area contributed by atoms with E-state index in [1.54, 1.807) is 43.2 Å². The van der Waals surface area contributed by atoms with Crippen LogP contribution in [-0.2, 0) is 4.79 Å². The molecule has 1 aliphatic rings. The zero-order chi connectivity index (χ0) is 19.6. The number of halogens is 2. The summed E-state index contributed by atoms with van der Waals surface area (Å²) in [7, 11) is 1.56. The Morgan fingerprint density at radius 3 is 2.48 bits per heavy atom. The number of nitrogens with one attached hydrogen (secondary N) is 1. The lowest BCUT2D eigenvalue weighted by Gasteiger charge is -2.39. The van der Waals surface area contributed by atoms with E-state index in [2.05, 4.69) is 5.32 Å². The molecular formula is C19H19F2N3O3. The second-order valence-corrected chi connectivity index (χ2v) is 6.11. The zero-order valence-electron chi connectivity index (χ0n) is 14.9. The SMILES string of the molecule is COc1ccc(N2CCN(C(=O)Nc3ccc(F)cc3F)C(C)C2=O)cc1. The number of amides is 3. The number of carbonyl (C=O) groups is 2. The molecule has 1 unspecified atom stereocenters. The van der Waals surface area contributed by atoms with Gasteiger partial charge in [0.05, 0.1) is 12.8 Å². The molecule has 3 amide bonds. The quantitative estimate of drug-likeness (QED) is 0.896. The van der Waals surface area contributed by atoms with Crippen LogP contribution in [0.15, 0.2) is 42.5 Å². The number of piperazine rings is 1. The van der Waals surface area contributed by atoms with E-state index >= 15 is 0 Å². The van der Waals surface area contributed by atoms with Crippen LogP contribution in [0.1, 0.15) is 6.92 Å². The lowest BCUT2D eigenvalue weighted by Crippen LogP contribution is -2.58. The number of rotatable bonds is 3. The Kier molecular flexibility index (Phi) is 5.25. The van der Waals surface area contributed by atoms with Crippen LogP contribution < -0.4 is 15.0 Å². The first-order valence-corrected chi connectivity index (χ1v) is 8.39. The summed E-state index contributed by atoms with van der Waals surface area (Å²) in [4.78, 5) is 28.1. The van der Waals surface area contributed by atoms with Gasteiger partial charge in [0, 0.05) is 24.8 Å². The van der Waals surface area contributed by atoms with E-state index in [0.717, 1.165) is 12.1 Å². The summed E-state index contributed by atoms with van der Waals surface area (Å²) in [5.74, 6) is -1.18. The van der Waals surface area contributed by atoms with Crippen molar-refractivity contribution in [3.05, 3.63) is 54.1 Å². The van der Waals surface area contributed by atoms with E-state index in [9.17, 15) is 18.4 Å². The van der Waals surface area contributed by atoms with Gasteiger partial charge < -0.3 is 19.9 Å². The van der Waals surface area contributed by atoms with Crippen LogP contribution in [0.4, 0.5) is 25.0 Å². The van der Waals surface area contributed by atoms with Crippen LogP contribution in [0.3, 0.4) is 0 Å².